The van der Waals surface area contributed by atoms with Crippen LogP contribution < -0.4 is 0 Å². The minimum atomic E-state index is 0.141. The molecule has 2 aromatic rings. The minimum Gasteiger partial charge on any atom is -0.334 e. The number of hydrogen-bond acceptors (Lipinski definition) is 3. The maximum Gasteiger partial charge on any atom is 0.257 e. The minimum absolute atomic E-state index is 0.141. The molecule has 2 aliphatic heterocycles. The Morgan fingerprint density at radius 3 is 2.64 bits per heavy atom. The molecule has 0 bridgehead atoms. The Hall–Kier alpha value is -2.14. The zero-order chi connectivity index (χ0) is 17.2. The van der Waals surface area contributed by atoms with Crippen molar-refractivity contribution < 1.29 is 4.79 Å². The predicted octanol–water partition coefficient (Wildman–Crippen LogP) is 2.69. The lowest BCUT2D eigenvalue weighted by Gasteiger charge is -2.35. The molecule has 1 aromatic heterocycles. The van der Waals surface area contributed by atoms with Gasteiger partial charge in [0.15, 0.2) is 0 Å². The van der Waals surface area contributed by atoms with Crippen molar-refractivity contribution in [2.45, 2.75) is 44.3 Å². The van der Waals surface area contributed by atoms with Crippen LogP contribution in [0.1, 0.15) is 41.6 Å². The SMILES string of the molecule is Cn1cc(C(=O)N2CCCC2C2CCCN2Cc2ccccc2)cn1. The molecule has 2 aliphatic rings. The second kappa shape index (κ2) is 7.00. The van der Waals surface area contributed by atoms with E-state index in [4.69, 9.17) is 0 Å². The van der Waals surface area contributed by atoms with Crippen molar-refractivity contribution in [1.29, 1.82) is 0 Å². The molecule has 2 saturated heterocycles. The van der Waals surface area contributed by atoms with Gasteiger partial charge in [0.2, 0.25) is 0 Å². The Morgan fingerprint density at radius 1 is 1.12 bits per heavy atom. The Labute approximate surface area is 149 Å². The van der Waals surface area contributed by atoms with E-state index in [0.29, 0.717) is 17.6 Å². The Balaban J connectivity index is 1.50. The monoisotopic (exact) mass is 338 g/mol. The van der Waals surface area contributed by atoms with Gasteiger partial charge in [-0.1, -0.05) is 30.3 Å². The van der Waals surface area contributed by atoms with Crippen molar-refractivity contribution in [3.05, 3.63) is 53.9 Å². The van der Waals surface area contributed by atoms with Gasteiger partial charge in [0.1, 0.15) is 0 Å². The van der Waals surface area contributed by atoms with E-state index in [0.717, 1.165) is 32.5 Å². The number of aryl methyl sites for hydroxylation is 1. The quantitative estimate of drug-likeness (QED) is 0.861. The first-order chi connectivity index (χ1) is 12.2. The fourth-order valence-corrected chi connectivity index (χ4v) is 4.44. The molecule has 2 atom stereocenters. The van der Waals surface area contributed by atoms with Crippen LogP contribution in [0.2, 0.25) is 0 Å². The molecule has 132 valence electrons. The van der Waals surface area contributed by atoms with Crippen molar-refractivity contribution in [3.8, 4) is 0 Å². The average Bonchev–Trinajstić information content (AvgIpc) is 3.35. The molecule has 0 spiro atoms. The summed E-state index contributed by atoms with van der Waals surface area (Å²) in [6.07, 6.45) is 8.15. The van der Waals surface area contributed by atoms with E-state index in [1.54, 1.807) is 10.9 Å². The van der Waals surface area contributed by atoms with E-state index in [-0.39, 0.29) is 5.91 Å². The standard InChI is InChI=1S/C20H26N4O/c1-22-15-17(13-21-22)20(25)24-12-6-10-19(24)18-9-5-11-23(18)14-16-7-3-2-4-8-16/h2-4,7-8,13,15,18-19H,5-6,9-12,14H2,1H3. The Kier molecular flexibility index (Phi) is 4.57. The molecule has 0 radical (unpaired) electrons. The van der Waals surface area contributed by atoms with E-state index in [1.165, 1.54) is 18.4 Å². The van der Waals surface area contributed by atoms with Crippen LogP contribution >= 0.6 is 0 Å². The number of carbonyl (C=O) groups excluding carboxylic acids is 1. The number of aromatic nitrogens is 2. The number of amides is 1. The molecule has 2 unspecified atom stereocenters. The third kappa shape index (κ3) is 3.33. The highest BCUT2D eigenvalue weighted by molar-refractivity contribution is 5.94. The molecule has 2 fully saturated rings. The van der Waals surface area contributed by atoms with Crippen LogP contribution in [0.4, 0.5) is 0 Å². The number of likely N-dealkylation sites (tertiary alicyclic amines) is 2. The lowest BCUT2D eigenvalue weighted by molar-refractivity contribution is 0.0639. The van der Waals surface area contributed by atoms with Crippen molar-refractivity contribution in [2.75, 3.05) is 13.1 Å². The first-order valence-corrected chi connectivity index (χ1v) is 9.30. The number of nitrogens with zero attached hydrogens (tertiary/aromatic N) is 4. The van der Waals surface area contributed by atoms with Crippen molar-refractivity contribution in [3.63, 3.8) is 0 Å². The fraction of sp³-hybridized carbons (Fsp3) is 0.500. The van der Waals surface area contributed by atoms with Gasteiger partial charge in [0, 0.05) is 38.4 Å². The topological polar surface area (TPSA) is 41.4 Å². The summed E-state index contributed by atoms with van der Waals surface area (Å²) in [5.41, 5.74) is 2.07. The van der Waals surface area contributed by atoms with E-state index >= 15 is 0 Å². The van der Waals surface area contributed by atoms with E-state index < -0.39 is 0 Å². The van der Waals surface area contributed by atoms with Crippen LogP contribution in [-0.4, -0.2) is 50.7 Å². The van der Waals surface area contributed by atoms with Crippen LogP contribution in [0, 0.1) is 0 Å². The van der Waals surface area contributed by atoms with Crippen molar-refractivity contribution in [1.82, 2.24) is 19.6 Å². The summed E-state index contributed by atoms with van der Waals surface area (Å²) in [6, 6.07) is 11.5. The molecule has 0 aliphatic carbocycles. The summed E-state index contributed by atoms with van der Waals surface area (Å²) in [6.45, 7) is 2.98. The van der Waals surface area contributed by atoms with Crippen molar-refractivity contribution in [2.24, 2.45) is 7.05 Å². The molecular formula is C20H26N4O. The van der Waals surface area contributed by atoms with Gasteiger partial charge in [-0.15, -0.1) is 0 Å². The van der Waals surface area contributed by atoms with Crippen LogP contribution in [0.15, 0.2) is 42.7 Å². The molecule has 4 rings (SSSR count). The zero-order valence-corrected chi connectivity index (χ0v) is 14.8. The van der Waals surface area contributed by atoms with Gasteiger partial charge in [-0.3, -0.25) is 14.4 Å². The zero-order valence-electron chi connectivity index (χ0n) is 14.8. The van der Waals surface area contributed by atoms with Crippen LogP contribution in [0.3, 0.4) is 0 Å². The third-order valence-electron chi connectivity index (χ3n) is 5.60. The first-order valence-electron chi connectivity index (χ1n) is 9.30. The van der Waals surface area contributed by atoms with Gasteiger partial charge in [-0.05, 0) is 37.8 Å². The van der Waals surface area contributed by atoms with Crippen LogP contribution in [0.5, 0.6) is 0 Å². The van der Waals surface area contributed by atoms with Gasteiger partial charge < -0.3 is 4.90 Å². The van der Waals surface area contributed by atoms with E-state index in [1.807, 2.05) is 13.2 Å². The highest BCUT2D eigenvalue weighted by atomic mass is 16.2. The predicted molar refractivity (Wildman–Crippen MR) is 97.1 cm³/mol. The van der Waals surface area contributed by atoms with Crippen molar-refractivity contribution >= 4 is 5.91 Å². The fourth-order valence-electron chi connectivity index (χ4n) is 4.44. The summed E-state index contributed by atoms with van der Waals surface area (Å²) in [5, 5.41) is 4.16. The van der Waals surface area contributed by atoms with Gasteiger partial charge in [-0.25, -0.2) is 0 Å². The second-order valence-electron chi connectivity index (χ2n) is 7.28. The number of benzene rings is 1. The highest BCUT2D eigenvalue weighted by Crippen LogP contribution is 2.32. The molecule has 1 amide bonds. The van der Waals surface area contributed by atoms with E-state index in [9.17, 15) is 4.79 Å². The number of hydrogen-bond donors (Lipinski definition) is 0. The smallest absolute Gasteiger partial charge is 0.257 e. The van der Waals surface area contributed by atoms with Gasteiger partial charge in [-0.2, -0.15) is 5.10 Å². The van der Waals surface area contributed by atoms with Gasteiger partial charge in [0.25, 0.3) is 5.91 Å². The highest BCUT2D eigenvalue weighted by Gasteiger charge is 2.40. The Bertz CT molecular complexity index is 726. The molecule has 0 N–H and O–H groups in total. The third-order valence-corrected chi connectivity index (χ3v) is 5.60. The maximum atomic E-state index is 12.9. The summed E-state index contributed by atoms with van der Waals surface area (Å²) in [5.74, 6) is 0.141. The van der Waals surface area contributed by atoms with Crippen LogP contribution in [0.25, 0.3) is 0 Å². The largest absolute Gasteiger partial charge is 0.334 e. The second-order valence-corrected chi connectivity index (χ2v) is 7.28. The van der Waals surface area contributed by atoms with Crippen LogP contribution in [-0.2, 0) is 13.6 Å². The van der Waals surface area contributed by atoms with Gasteiger partial charge >= 0.3 is 0 Å². The normalized spacial score (nSPS) is 24.1. The molecule has 0 saturated carbocycles. The summed E-state index contributed by atoms with van der Waals surface area (Å²) in [7, 11) is 1.86. The number of rotatable bonds is 4. The lowest BCUT2D eigenvalue weighted by Crippen LogP contribution is -2.48. The number of carbonyl (C=O) groups is 1. The molecule has 3 heterocycles. The molecule has 5 heteroatoms. The summed E-state index contributed by atoms with van der Waals surface area (Å²) in [4.78, 5) is 17.6. The summed E-state index contributed by atoms with van der Waals surface area (Å²) >= 11 is 0. The average molecular weight is 338 g/mol. The van der Waals surface area contributed by atoms with Gasteiger partial charge in [0.05, 0.1) is 11.8 Å². The molecule has 5 nitrogen and oxygen atoms in total. The maximum absolute atomic E-state index is 12.9. The molecular weight excluding hydrogens is 312 g/mol. The molecule has 1 aromatic carbocycles. The molecule has 25 heavy (non-hydrogen) atoms. The summed E-state index contributed by atoms with van der Waals surface area (Å²) < 4.78 is 1.70. The Morgan fingerprint density at radius 2 is 1.88 bits per heavy atom. The first kappa shape index (κ1) is 16.3. The van der Waals surface area contributed by atoms with E-state index in [2.05, 4.69) is 45.2 Å². The lowest BCUT2D eigenvalue weighted by atomic mass is 10.0.